The normalized spacial score (nSPS) is 12.2. The summed E-state index contributed by atoms with van der Waals surface area (Å²) < 4.78 is 30.4. The summed E-state index contributed by atoms with van der Waals surface area (Å²) in [5, 5.41) is 2.78. The number of amides is 1. The van der Waals surface area contributed by atoms with Crippen molar-refractivity contribution in [2.24, 2.45) is 5.41 Å². The Morgan fingerprint density at radius 3 is 2.46 bits per heavy atom. The predicted octanol–water partition coefficient (Wildman–Crippen LogP) is 1.66. The number of carbonyl (C=O) groups is 1. The molecule has 24 heavy (non-hydrogen) atoms. The molecule has 1 amide bonds. The second kappa shape index (κ2) is 8.48. The molecule has 0 bridgehead atoms. The second-order valence-corrected chi connectivity index (χ2v) is 8.75. The molecule has 0 aliphatic carbocycles. The minimum absolute atomic E-state index is 0.0938. The van der Waals surface area contributed by atoms with Crippen LogP contribution in [0.1, 0.15) is 26.3 Å². The highest BCUT2D eigenvalue weighted by Crippen LogP contribution is 2.14. The van der Waals surface area contributed by atoms with Gasteiger partial charge in [0.1, 0.15) is 5.75 Å². The molecule has 0 spiro atoms. The average Bonchev–Trinajstić information content (AvgIpc) is 2.48. The van der Waals surface area contributed by atoms with Crippen molar-refractivity contribution >= 4 is 15.9 Å². The van der Waals surface area contributed by atoms with Crippen molar-refractivity contribution in [3.63, 3.8) is 0 Å². The van der Waals surface area contributed by atoms with E-state index in [1.54, 1.807) is 7.11 Å². The fourth-order valence-electron chi connectivity index (χ4n) is 2.08. The highest BCUT2D eigenvalue weighted by atomic mass is 32.2. The molecule has 7 heteroatoms. The van der Waals surface area contributed by atoms with Gasteiger partial charge in [0.15, 0.2) is 0 Å². The van der Waals surface area contributed by atoms with Crippen LogP contribution in [0.4, 0.5) is 0 Å². The summed E-state index contributed by atoms with van der Waals surface area (Å²) in [5.41, 5.74) is 0.512. The van der Waals surface area contributed by atoms with Crippen LogP contribution in [0.5, 0.6) is 5.75 Å². The fraction of sp³-hybridized carbons (Fsp3) is 0.588. The molecule has 1 N–H and O–H groups in total. The standard InChI is InChI=1S/C17H28N2O4S/c1-17(2,3)16(20)18-10-12-19(24(5,21)22)11-9-14-7-6-8-15(13-14)23-4/h6-8,13H,9-12H2,1-5H3,(H,18,20). The monoisotopic (exact) mass is 356 g/mol. The van der Waals surface area contributed by atoms with E-state index >= 15 is 0 Å². The fourth-order valence-corrected chi connectivity index (χ4v) is 2.93. The van der Waals surface area contributed by atoms with Crippen LogP contribution in [0, 0.1) is 5.41 Å². The first-order chi connectivity index (χ1) is 11.0. The van der Waals surface area contributed by atoms with Gasteiger partial charge in [0, 0.05) is 25.0 Å². The summed E-state index contributed by atoms with van der Waals surface area (Å²) in [7, 11) is -1.74. The first kappa shape index (κ1) is 20.4. The van der Waals surface area contributed by atoms with Gasteiger partial charge in [-0.05, 0) is 24.1 Å². The molecule has 1 rings (SSSR count). The number of ether oxygens (including phenoxy) is 1. The van der Waals surface area contributed by atoms with Crippen molar-refractivity contribution < 1.29 is 17.9 Å². The Morgan fingerprint density at radius 2 is 1.92 bits per heavy atom. The largest absolute Gasteiger partial charge is 0.497 e. The van der Waals surface area contributed by atoms with E-state index in [0.717, 1.165) is 11.3 Å². The first-order valence-corrected chi connectivity index (χ1v) is 9.75. The molecule has 0 unspecified atom stereocenters. The summed E-state index contributed by atoms with van der Waals surface area (Å²) in [4.78, 5) is 11.9. The number of rotatable bonds is 8. The van der Waals surface area contributed by atoms with Crippen molar-refractivity contribution in [1.82, 2.24) is 9.62 Å². The van der Waals surface area contributed by atoms with Crippen LogP contribution >= 0.6 is 0 Å². The third-order valence-corrected chi connectivity index (χ3v) is 4.88. The lowest BCUT2D eigenvalue weighted by atomic mass is 9.96. The van der Waals surface area contributed by atoms with Crippen molar-refractivity contribution in [1.29, 1.82) is 0 Å². The van der Waals surface area contributed by atoms with Gasteiger partial charge in [-0.15, -0.1) is 0 Å². The van der Waals surface area contributed by atoms with Crippen LogP contribution in [-0.2, 0) is 21.2 Å². The highest BCUT2D eigenvalue weighted by Gasteiger charge is 2.22. The maximum absolute atomic E-state index is 11.9. The second-order valence-electron chi connectivity index (χ2n) is 6.77. The zero-order valence-corrected chi connectivity index (χ0v) is 15.9. The Hall–Kier alpha value is -1.60. The molecule has 0 saturated carbocycles. The van der Waals surface area contributed by atoms with E-state index in [0.29, 0.717) is 19.5 Å². The molecular formula is C17H28N2O4S. The van der Waals surface area contributed by atoms with E-state index in [-0.39, 0.29) is 12.5 Å². The summed E-state index contributed by atoms with van der Waals surface area (Å²) in [6.45, 7) is 6.36. The van der Waals surface area contributed by atoms with Crippen LogP contribution in [0.15, 0.2) is 24.3 Å². The van der Waals surface area contributed by atoms with Crippen LogP contribution in [-0.4, -0.2) is 51.6 Å². The topological polar surface area (TPSA) is 75.7 Å². The van der Waals surface area contributed by atoms with Crippen molar-refractivity contribution in [3.8, 4) is 5.75 Å². The molecule has 0 aromatic heterocycles. The van der Waals surface area contributed by atoms with Crippen molar-refractivity contribution in [2.75, 3.05) is 33.0 Å². The number of benzene rings is 1. The zero-order valence-electron chi connectivity index (χ0n) is 15.1. The number of nitrogens with zero attached hydrogens (tertiary/aromatic N) is 1. The van der Waals surface area contributed by atoms with Crippen LogP contribution in [0.2, 0.25) is 0 Å². The Balaban J connectivity index is 2.62. The zero-order chi connectivity index (χ0) is 18.4. The van der Waals surface area contributed by atoms with Gasteiger partial charge in [-0.3, -0.25) is 4.79 Å². The quantitative estimate of drug-likeness (QED) is 0.769. The Morgan fingerprint density at radius 1 is 1.25 bits per heavy atom. The van der Waals surface area contributed by atoms with Gasteiger partial charge in [-0.25, -0.2) is 12.7 Å². The maximum Gasteiger partial charge on any atom is 0.225 e. The minimum Gasteiger partial charge on any atom is -0.497 e. The van der Waals surface area contributed by atoms with Crippen molar-refractivity contribution in [3.05, 3.63) is 29.8 Å². The van der Waals surface area contributed by atoms with Gasteiger partial charge in [0.25, 0.3) is 0 Å². The Bertz CT molecular complexity index is 651. The molecule has 0 fully saturated rings. The smallest absolute Gasteiger partial charge is 0.225 e. The summed E-state index contributed by atoms with van der Waals surface area (Å²) in [5.74, 6) is 0.652. The number of carbonyl (C=O) groups excluding carboxylic acids is 1. The van der Waals surface area contributed by atoms with Gasteiger partial charge in [-0.2, -0.15) is 0 Å². The van der Waals surface area contributed by atoms with Crippen LogP contribution < -0.4 is 10.1 Å². The first-order valence-electron chi connectivity index (χ1n) is 7.90. The minimum atomic E-state index is -3.33. The van der Waals surface area contributed by atoms with Gasteiger partial charge in [0.2, 0.25) is 15.9 Å². The lowest BCUT2D eigenvalue weighted by Gasteiger charge is -2.22. The Kier molecular flexibility index (Phi) is 7.23. The molecule has 0 heterocycles. The van der Waals surface area contributed by atoms with Gasteiger partial charge in [-0.1, -0.05) is 32.9 Å². The van der Waals surface area contributed by atoms with E-state index < -0.39 is 15.4 Å². The van der Waals surface area contributed by atoms with Crippen LogP contribution in [0.3, 0.4) is 0 Å². The molecule has 0 saturated heterocycles. The lowest BCUT2D eigenvalue weighted by molar-refractivity contribution is -0.128. The lowest BCUT2D eigenvalue weighted by Crippen LogP contribution is -2.42. The summed E-state index contributed by atoms with van der Waals surface area (Å²) in [6, 6.07) is 7.55. The third-order valence-electron chi connectivity index (χ3n) is 3.58. The van der Waals surface area contributed by atoms with E-state index in [2.05, 4.69) is 5.32 Å². The number of methoxy groups -OCH3 is 1. The maximum atomic E-state index is 11.9. The highest BCUT2D eigenvalue weighted by molar-refractivity contribution is 7.88. The molecule has 6 nitrogen and oxygen atoms in total. The summed E-state index contributed by atoms with van der Waals surface area (Å²) >= 11 is 0. The van der Waals surface area contributed by atoms with E-state index in [1.165, 1.54) is 10.6 Å². The summed E-state index contributed by atoms with van der Waals surface area (Å²) in [6.07, 6.45) is 1.77. The van der Waals surface area contributed by atoms with Gasteiger partial charge >= 0.3 is 0 Å². The molecular weight excluding hydrogens is 328 g/mol. The number of nitrogens with one attached hydrogen (secondary N) is 1. The molecule has 136 valence electrons. The number of sulfonamides is 1. The SMILES string of the molecule is COc1cccc(CCN(CCNC(=O)C(C)(C)C)S(C)(=O)=O)c1. The molecule has 1 aromatic carbocycles. The molecule has 0 aliphatic rings. The average molecular weight is 356 g/mol. The number of hydrogen-bond donors (Lipinski definition) is 1. The van der Waals surface area contributed by atoms with E-state index in [4.69, 9.17) is 4.74 Å². The van der Waals surface area contributed by atoms with E-state index in [1.807, 2.05) is 45.0 Å². The van der Waals surface area contributed by atoms with Crippen molar-refractivity contribution in [2.45, 2.75) is 27.2 Å². The Labute approximate surface area is 145 Å². The van der Waals surface area contributed by atoms with E-state index in [9.17, 15) is 13.2 Å². The predicted molar refractivity (Wildman–Crippen MR) is 95.6 cm³/mol. The van der Waals surface area contributed by atoms with Crippen LogP contribution in [0.25, 0.3) is 0 Å². The number of hydrogen-bond acceptors (Lipinski definition) is 4. The molecule has 0 radical (unpaired) electrons. The van der Waals surface area contributed by atoms with Gasteiger partial charge < -0.3 is 10.1 Å². The third kappa shape index (κ3) is 6.88. The van der Waals surface area contributed by atoms with Gasteiger partial charge in [0.05, 0.1) is 13.4 Å². The molecule has 0 aliphatic heterocycles. The molecule has 0 atom stereocenters. The molecule has 1 aromatic rings.